The molecule has 0 saturated carbocycles. The summed E-state index contributed by atoms with van der Waals surface area (Å²) in [7, 11) is 1.39. The molecule has 0 spiro atoms. The normalized spacial score (nSPS) is 12.8. The fraction of sp³-hybridized carbons (Fsp3) is 0.475. The van der Waals surface area contributed by atoms with Crippen molar-refractivity contribution in [2.24, 2.45) is 22.0 Å². The number of amides is 1. The molecule has 4 aromatic rings. The van der Waals surface area contributed by atoms with Gasteiger partial charge in [0.15, 0.2) is 22.8 Å². The lowest BCUT2D eigenvalue weighted by atomic mass is 9.93. The minimum absolute atomic E-state index is 0.00219. The molecule has 0 aliphatic carbocycles. The lowest BCUT2D eigenvalue weighted by molar-refractivity contribution is -0.175. The first-order valence-electron chi connectivity index (χ1n) is 18.6. The number of esters is 2. The molecule has 1 unspecified atom stereocenters. The van der Waals surface area contributed by atoms with Crippen molar-refractivity contribution in [3.8, 4) is 23.5 Å². The van der Waals surface area contributed by atoms with Crippen LogP contribution in [0.4, 0.5) is 14.9 Å². The highest BCUT2D eigenvalue weighted by Gasteiger charge is 2.40. The molecule has 0 saturated heterocycles. The molecule has 2 aromatic heterocycles. The number of rotatable bonds is 18. The zero-order chi connectivity index (χ0) is 43.5. The predicted molar refractivity (Wildman–Crippen MR) is 211 cm³/mol. The molecule has 18 nitrogen and oxygen atoms in total. The molecule has 0 bridgehead atoms. The Labute approximate surface area is 341 Å². The fourth-order valence-corrected chi connectivity index (χ4v) is 4.87. The lowest BCUT2D eigenvalue weighted by Crippen LogP contribution is -2.38. The summed E-state index contributed by atoms with van der Waals surface area (Å²) in [6.45, 7) is 13.1. The van der Waals surface area contributed by atoms with Gasteiger partial charge in [0.2, 0.25) is 6.79 Å². The number of halogens is 1. The van der Waals surface area contributed by atoms with Gasteiger partial charge in [0, 0.05) is 29.7 Å². The van der Waals surface area contributed by atoms with Crippen molar-refractivity contribution in [3.63, 3.8) is 0 Å². The van der Waals surface area contributed by atoms with Crippen LogP contribution in [0.25, 0.3) is 5.95 Å². The molecule has 19 heteroatoms. The van der Waals surface area contributed by atoms with E-state index in [1.54, 1.807) is 30.3 Å². The van der Waals surface area contributed by atoms with Gasteiger partial charge < -0.3 is 49.9 Å². The molecule has 2 aromatic carbocycles. The maximum Gasteiger partial charge on any atom is 0.408 e. The number of aromatic nitrogens is 5. The van der Waals surface area contributed by atoms with Gasteiger partial charge in [-0.3, -0.25) is 9.59 Å². The van der Waals surface area contributed by atoms with Crippen molar-refractivity contribution in [2.45, 2.75) is 67.6 Å². The Kier molecular flexibility index (Phi) is 15.1. The Morgan fingerprint density at radius 1 is 0.898 bits per heavy atom. The number of alkyl carbamates (subject to hydrolysis) is 1. The van der Waals surface area contributed by atoms with Gasteiger partial charge in [0.1, 0.15) is 24.6 Å². The summed E-state index contributed by atoms with van der Waals surface area (Å²) >= 11 is 0. The summed E-state index contributed by atoms with van der Waals surface area (Å²) in [5.41, 5.74) is 4.94. The number of benzene rings is 2. The van der Waals surface area contributed by atoms with Crippen LogP contribution in [0.3, 0.4) is 0 Å². The van der Waals surface area contributed by atoms with Gasteiger partial charge in [-0.2, -0.15) is 4.98 Å². The minimum Gasteiger partial charge on any atom is -0.497 e. The standard InChI is InChI=1S/C40H53FN8O10/c1-38(2,3)21-56-33(51)40(7,8)34(52)58-23-59-36-47-32(48-49(36)35-43-15-10-16-44-35)30(27-19-26(54-9)20-28(29(27)41)55-18-17-50)45-25-13-11-24(12-14-25)31(42)46-37(53)57-22-39(4,5)6/h10-16,19-20,30-31,45,50H,17-18,21-23,42H2,1-9H3,(H,46,53)/t30?,31-/m1/s1. The number of nitrogens with two attached hydrogens (primary N) is 1. The first-order chi connectivity index (χ1) is 27.7. The zero-order valence-corrected chi connectivity index (χ0v) is 34.7. The lowest BCUT2D eigenvalue weighted by Gasteiger charge is -2.24. The Hall–Kier alpha value is -6.08. The first kappa shape index (κ1) is 45.6. The highest BCUT2D eigenvalue weighted by molar-refractivity contribution is 5.99. The summed E-state index contributed by atoms with van der Waals surface area (Å²) in [4.78, 5) is 51.2. The highest BCUT2D eigenvalue weighted by Crippen LogP contribution is 2.36. The van der Waals surface area contributed by atoms with Gasteiger partial charge in [-0.15, -0.1) is 9.78 Å². The number of carbonyl (C=O) groups is 3. The van der Waals surface area contributed by atoms with E-state index in [9.17, 15) is 19.5 Å². The number of hydrogen-bond acceptors (Lipinski definition) is 16. The summed E-state index contributed by atoms with van der Waals surface area (Å²) in [6.07, 6.45) is 1.31. The molecule has 0 aliphatic heterocycles. The largest absolute Gasteiger partial charge is 0.497 e. The van der Waals surface area contributed by atoms with Crippen LogP contribution in [0.2, 0.25) is 0 Å². The zero-order valence-electron chi connectivity index (χ0n) is 34.7. The Bertz CT molecular complexity index is 2030. The van der Waals surface area contributed by atoms with Crippen LogP contribution in [-0.2, 0) is 23.8 Å². The van der Waals surface area contributed by atoms with Crippen LogP contribution in [0.5, 0.6) is 17.5 Å². The van der Waals surface area contributed by atoms with Crippen molar-refractivity contribution in [1.29, 1.82) is 0 Å². The number of ether oxygens (including phenoxy) is 6. The number of nitrogens with one attached hydrogen (secondary N) is 2. The van der Waals surface area contributed by atoms with Crippen LogP contribution >= 0.6 is 0 Å². The van der Waals surface area contributed by atoms with E-state index < -0.39 is 48.3 Å². The summed E-state index contributed by atoms with van der Waals surface area (Å²) < 4.78 is 50.2. The van der Waals surface area contributed by atoms with Gasteiger partial charge in [0.05, 0.1) is 26.9 Å². The van der Waals surface area contributed by atoms with Crippen LogP contribution in [0.1, 0.15) is 84.5 Å². The summed E-state index contributed by atoms with van der Waals surface area (Å²) in [5, 5.41) is 19.8. The average molecular weight is 825 g/mol. The average Bonchev–Trinajstić information content (AvgIpc) is 3.61. The van der Waals surface area contributed by atoms with Crippen molar-refractivity contribution < 1.29 is 52.3 Å². The Morgan fingerprint density at radius 2 is 1.53 bits per heavy atom. The molecule has 59 heavy (non-hydrogen) atoms. The topological polar surface area (TPSA) is 233 Å². The van der Waals surface area contributed by atoms with Crippen molar-refractivity contribution in [1.82, 2.24) is 30.0 Å². The number of aliphatic hydroxyl groups is 1. The van der Waals surface area contributed by atoms with E-state index >= 15 is 4.39 Å². The molecule has 2 heterocycles. The van der Waals surface area contributed by atoms with Gasteiger partial charge in [-0.25, -0.2) is 19.2 Å². The predicted octanol–water partition coefficient (Wildman–Crippen LogP) is 5.00. The smallest absolute Gasteiger partial charge is 0.408 e. The second-order valence-electron chi connectivity index (χ2n) is 16.2. The maximum absolute atomic E-state index is 16.4. The third-order valence-electron chi connectivity index (χ3n) is 8.06. The molecular weight excluding hydrogens is 771 g/mol. The number of nitrogens with zero attached hydrogens (tertiary/aromatic N) is 5. The monoisotopic (exact) mass is 824 g/mol. The third kappa shape index (κ3) is 13.0. The highest BCUT2D eigenvalue weighted by atomic mass is 19.1. The van der Waals surface area contributed by atoms with E-state index in [0.717, 1.165) is 4.68 Å². The van der Waals surface area contributed by atoms with E-state index in [0.29, 0.717) is 11.3 Å². The van der Waals surface area contributed by atoms with E-state index in [2.05, 4.69) is 30.7 Å². The second-order valence-corrected chi connectivity index (χ2v) is 16.2. The quantitative estimate of drug-likeness (QED) is 0.0447. The van der Waals surface area contributed by atoms with E-state index in [1.807, 2.05) is 41.5 Å². The van der Waals surface area contributed by atoms with Crippen LogP contribution in [-0.4, -0.2) is 88.2 Å². The van der Waals surface area contributed by atoms with Gasteiger partial charge in [-0.1, -0.05) is 53.7 Å². The molecule has 0 aliphatic rings. The van der Waals surface area contributed by atoms with Crippen LogP contribution in [0.15, 0.2) is 54.9 Å². The van der Waals surface area contributed by atoms with Crippen LogP contribution in [0, 0.1) is 22.1 Å². The number of anilines is 1. The van der Waals surface area contributed by atoms with E-state index in [-0.39, 0.29) is 72.1 Å². The number of carbonyl (C=O) groups excluding carboxylic acids is 3. The Morgan fingerprint density at radius 3 is 2.14 bits per heavy atom. The van der Waals surface area contributed by atoms with Gasteiger partial charge in [0.25, 0.3) is 5.95 Å². The Balaban J connectivity index is 1.69. The molecule has 0 radical (unpaired) electrons. The van der Waals surface area contributed by atoms with Crippen molar-refractivity contribution >= 4 is 23.7 Å². The summed E-state index contributed by atoms with van der Waals surface area (Å²) in [6, 6.07) is 9.45. The SMILES string of the molecule is COc1cc(OCCO)c(F)c(C(Nc2ccc([C@H](N)NC(=O)OCC(C)(C)C)cc2)c2nc(OCOC(=O)C(C)(C)C(=O)OCC(C)(C)C)n(-c3ncccn3)n2)c1. The van der Waals surface area contributed by atoms with Crippen LogP contribution < -0.4 is 30.6 Å². The van der Waals surface area contributed by atoms with Gasteiger partial charge in [-0.05, 0) is 54.5 Å². The second kappa shape index (κ2) is 19.6. The van der Waals surface area contributed by atoms with Crippen molar-refractivity contribution in [3.05, 3.63) is 77.6 Å². The van der Waals surface area contributed by atoms with E-state index in [4.69, 9.17) is 34.2 Å². The fourth-order valence-electron chi connectivity index (χ4n) is 4.87. The van der Waals surface area contributed by atoms with E-state index in [1.165, 1.54) is 45.5 Å². The minimum atomic E-state index is -1.67. The van der Waals surface area contributed by atoms with Crippen molar-refractivity contribution in [2.75, 3.05) is 45.6 Å². The summed E-state index contributed by atoms with van der Waals surface area (Å²) in [5.74, 6) is -2.60. The third-order valence-corrected chi connectivity index (χ3v) is 8.06. The molecule has 1 amide bonds. The molecule has 4 rings (SSSR count). The molecule has 0 fully saturated rings. The number of aliphatic hydroxyl groups excluding tert-OH is 1. The number of hydrogen-bond donors (Lipinski definition) is 4. The maximum atomic E-state index is 16.4. The molecule has 320 valence electrons. The number of methoxy groups -OCH3 is 1. The molecule has 5 N–H and O–H groups in total. The van der Waals surface area contributed by atoms with Gasteiger partial charge >= 0.3 is 24.0 Å². The molecular formula is C40H53FN8O10. The first-order valence-corrected chi connectivity index (χ1v) is 18.6. The molecule has 2 atom stereocenters.